The van der Waals surface area contributed by atoms with Gasteiger partial charge in [-0.25, -0.2) is 4.39 Å². The molecule has 3 rings (SSSR count). The average Bonchev–Trinajstić information content (AvgIpc) is 2.94. The first kappa shape index (κ1) is 18.1. The molecule has 0 fully saturated rings. The minimum Gasteiger partial charge on any atom is -0.354 e. The third-order valence-electron chi connectivity index (χ3n) is 4.69. The van der Waals surface area contributed by atoms with Gasteiger partial charge >= 0.3 is 0 Å². The fourth-order valence-corrected chi connectivity index (χ4v) is 3.27. The topological polar surface area (TPSA) is 49.4 Å². The molecular weight excluding hydrogens is 331 g/mol. The van der Waals surface area contributed by atoms with Gasteiger partial charge in [0.25, 0.3) is 5.91 Å². The van der Waals surface area contributed by atoms with Crippen LogP contribution in [0.2, 0.25) is 0 Å². The van der Waals surface area contributed by atoms with E-state index < -0.39 is 6.04 Å². The van der Waals surface area contributed by atoms with E-state index in [1.807, 2.05) is 18.2 Å². The number of halogens is 1. The first-order valence-corrected chi connectivity index (χ1v) is 9.04. The molecule has 4 nitrogen and oxygen atoms in total. The van der Waals surface area contributed by atoms with Crippen LogP contribution in [0.15, 0.2) is 48.5 Å². The molecule has 1 atom stereocenters. The van der Waals surface area contributed by atoms with Gasteiger partial charge in [-0.15, -0.1) is 0 Å². The third kappa shape index (κ3) is 3.77. The van der Waals surface area contributed by atoms with E-state index in [2.05, 4.69) is 12.2 Å². The zero-order chi connectivity index (χ0) is 18.5. The Morgan fingerprint density at radius 2 is 1.88 bits per heavy atom. The van der Waals surface area contributed by atoms with Crippen LogP contribution in [0, 0.1) is 5.82 Å². The lowest BCUT2D eigenvalue weighted by atomic mass is 10.0. The summed E-state index contributed by atoms with van der Waals surface area (Å²) < 4.78 is 13.1. The Balaban J connectivity index is 1.78. The molecule has 1 aliphatic heterocycles. The molecule has 0 saturated carbocycles. The maximum absolute atomic E-state index is 13.1. The maximum atomic E-state index is 13.1. The van der Waals surface area contributed by atoms with Crippen molar-refractivity contribution in [1.29, 1.82) is 0 Å². The summed E-state index contributed by atoms with van der Waals surface area (Å²) in [6.45, 7) is 3.08. The number of nitrogens with zero attached hydrogens (tertiary/aromatic N) is 1. The Bertz CT molecular complexity index is 789. The van der Waals surface area contributed by atoms with Gasteiger partial charge in [0.15, 0.2) is 0 Å². The van der Waals surface area contributed by atoms with Crippen LogP contribution in [0.25, 0.3) is 0 Å². The van der Waals surface area contributed by atoms with Gasteiger partial charge in [0, 0.05) is 18.7 Å². The van der Waals surface area contributed by atoms with Crippen molar-refractivity contribution in [2.24, 2.45) is 0 Å². The van der Waals surface area contributed by atoms with Gasteiger partial charge in [-0.2, -0.15) is 0 Å². The molecule has 2 aromatic carbocycles. The highest BCUT2D eigenvalue weighted by Gasteiger charge is 2.40. The molecule has 1 aliphatic rings. The first-order valence-electron chi connectivity index (χ1n) is 9.04. The van der Waals surface area contributed by atoms with Crippen molar-refractivity contribution < 1.29 is 14.0 Å². The van der Waals surface area contributed by atoms with Crippen LogP contribution in [-0.4, -0.2) is 29.8 Å². The van der Waals surface area contributed by atoms with Crippen molar-refractivity contribution in [3.05, 3.63) is 71.0 Å². The van der Waals surface area contributed by atoms with Crippen molar-refractivity contribution in [3.63, 3.8) is 0 Å². The Hall–Kier alpha value is -2.69. The Morgan fingerprint density at radius 3 is 2.62 bits per heavy atom. The number of nitrogens with one attached hydrogen (secondary N) is 1. The van der Waals surface area contributed by atoms with E-state index in [-0.39, 0.29) is 17.6 Å². The SMILES string of the molecule is CCCCNC(=O)C1c2ccccc2C(=O)N1CCc1ccc(F)cc1. The summed E-state index contributed by atoms with van der Waals surface area (Å²) in [4.78, 5) is 27.2. The molecule has 0 radical (unpaired) electrons. The lowest BCUT2D eigenvalue weighted by Gasteiger charge is -2.24. The van der Waals surface area contributed by atoms with Gasteiger partial charge in [-0.05, 0) is 42.2 Å². The highest BCUT2D eigenvalue weighted by atomic mass is 19.1. The van der Waals surface area contributed by atoms with Crippen LogP contribution in [0.5, 0.6) is 0 Å². The van der Waals surface area contributed by atoms with Crippen LogP contribution in [0.4, 0.5) is 4.39 Å². The Morgan fingerprint density at radius 1 is 1.15 bits per heavy atom. The maximum Gasteiger partial charge on any atom is 0.255 e. The van der Waals surface area contributed by atoms with Crippen LogP contribution < -0.4 is 5.32 Å². The van der Waals surface area contributed by atoms with E-state index >= 15 is 0 Å². The minimum atomic E-state index is -0.601. The van der Waals surface area contributed by atoms with Gasteiger partial charge in [-0.3, -0.25) is 9.59 Å². The van der Waals surface area contributed by atoms with Crippen LogP contribution in [-0.2, 0) is 11.2 Å². The second kappa shape index (κ2) is 8.13. The van der Waals surface area contributed by atoms with Crippen molar-refractivity contribution in [1.82, 2.24) is 10.2 Å². The zero-order valence-electron chi connectivity index (χ0n) is 14.9. The quantitative estimate of drug-likeness (QED) is 0.774. The van der Waals surface area contributed by atoms with Crippen molar-refractivity contribution in [3.8, 4) is 0 Å². The number of unbranched alkanes of at least 4 members (excludes halogenated alkanes) is 1. The van der Waals surface area contributed by atoms with Crippen LogP contribution in [0.3, 0.4) is 0 Å². The largest absolute Gasteiger partial charge is 0.354 e. The average molecular weight is 354 g/mol. The summed E-state index contributed by atoms with van der Waals surface area (Å²) in [6, 6.07) is 12.9. The van der Waals surface area contributed by atoms with E-state index in [4.69, 9.17) is 0 Å². The molecule has 0 spiro atoms. The second-order valence-corrected chi connectivity index (χ2v) is 6.51. The minimum absolute atomic E-state index is 0.127. The van der Waals surface area contributed by atoms with E-state index in [0.29, 0.717) is 25.1 Å². The van der Waals surface area contributed by atoms with Crippen LogP contribution in [0.1, 0.15) is 47.3 Å². The first-order chi connectivity index (χ1) is 12.6. The van der Waals surface area contributed by atoms with E-state index in [9.17, 15) is 14.0 Å². The molecule has 1 unspecified atom stereocenters. The highest BCUT2D eigenvalue weighted by Crippen LogP contribution is 2.33. The summed E-state index contributed by atoms with van der Waals surface area (Å²) in [7, 11) is 0. The molecule has 0 saturated heterocycles. The number of hydrogen-bond acceptors (Lipinski definition) is 2. The van der Waals surface area contributed by atoms with E-state index in [1.165, 1.54) is 12.1 Å². The Kier molecular flexibility index (Phi) is 5.66. The number of hydrogen-bond donors (Lipinski definition) is 1. The van der Waals surface area contributed by atoms with E-state index in [0.717, 1.165) is 24.0 Å². The standard InChI is InChI=1S/C21H23FN2O2/c1-2-3-13-23-20(25)19-17-6-4-5-7-18(17)21(26)24(19)14-12-15-8-10-16(22)11-9-15/h4-11,19H,2-3,12-14H2,1H3,(H,23,25). The summed E-state index contributed by atoms with van der Waals surface area (Å²) in [5.41, 5.74) is 2.27. The van der Waals surface area contributed by atoms with Crippen molar-refractivity contribution >= 4 is 11.8 Å². The summed E-state index contributed by atoms with van der Waals surface area (Å²) in [5, 5.41) is 2.94. The molecule has 1 heterocycles. The Labute approximate surface area is 153 Å². The van der Waals surface area contributed by atoms with E-state index in [1.54, 1.807) is 23.1 Å². The van der Waals surface area contributed by atoms with Gasteiger partial charge in [0.05, 0.1) is 0 Å². The molecule has 1 N–H and O–H groups in total. The van der Waals surface area contributed by atoms with Crippen molar-refractivity contribution in [2.75, 3.05) is 13.1 Å². The number of carbonyl (C=O) groups is 2. The molecule has 0 bridgehead atoms. The number of benzene rings is 2. The lowest BCUT2D eigenvalue weighted by molar-refractivity contribution is -0.125. The monoisotopic (exact) mass is 354 g/mol. The normalized spacial score (nSPS) is 15.8. The number of fused-ring (bicyclic) bond motifs is 1. The zero-order valence-corrected chi connectivity index (χ0v) is 14.9. The fourth-order valence-electron chi connectivity index (χ4n) is 3.27. The number of amides is 2. The predicted molar refractivity (Wildman–Crippen MR) is 98.2 cm³/mol. The molecule has 0 aromatic heterocycles. The van der Waals surface area contributed by atoms with Gasteiger partial charge in [0.2, 0.25) is 5.91 Å². The fraction of sp³-hybridized carbons (Fsp3) is 0.333. The van der Waals surface area contributed by atoms with Crippen molar-refractivity contribution in [2.45, 2.75) is 32.2 Å². The van der Waals surface area contributed by atoms with Gasteiger partial charge < -0.3 is 10.2 Å². The summed E-state index contributed by atoms with van der Waals surface area (Å²) in [6.07, 6.45) is 2.47. The molecule has 5 heteroatoms. The lowest BCUT2D eigenvalue weighted by Crippen LogP contribution is -2.40. The molecular formula is C21H23FN2O2. The molecule has 26 heavy (non-hydrogen) atoms. The van der Waals surface area contributed by atoms with Gasteiger partial charge in [-0.1, -0.05) is 43.7 Å². The third-order valence-corrected chi connectivity index (χ3v) is 4.69. The molecule has 0 aliphatic carbocycles. The van der Waals surface area contributed by atoms with Gasteiger partial charge in [0.1, 0.15) is 11.9 Å². The molecule has 2 amide bonds. The smallest absolute Gasteiger partial charge is 0.255 e. The number of rotatable bonds is 7. The molecule has 136 valence electrons. The second-order valence-electron chi connectivity index (χ2n) is 6.51. The summed E-state index contributed by atoms with van der Waals surface area (Å²) >= 11 is 0. The molecule has 2 aromatic rings. The van der Waals surface area contributed by atoms with Crippen LogP contribution >= 0.6 is 0 Å². The number of carbonyl (C=O) groups excluding carboxylic acids is 2. The highest BCUT2D eigenvalue weighted by molar-refractivity contribution is 6.04. The predicted octanol–water partition coefficient (Wildman–Crippen LogP) is 3.48. The summed E-state index contributed by atoms with van der Waals surface area (Å²) in [5.74, 6) is -0.555.